The Bertz CT molecular complexity index is 584. The Labute approximate surface area is 151 Å². The molecule has 2 rings (SSSR count). The van der Waals surface area contributed by atoms with Gasteiger partial charge in [0.05, 0.1) is 0 Å². The van der Waals surface area contributed by atoms with Crippen molar-refractivity contribution in [3.05, 3.63) is 24.3 Å². The molecule has 0 spiro atoms. The first-order valence-corrected chi connectivity index (χ1v) is 7.78. The quantitative estimate of drug-likeness (QED) is 0.794. The number of hydrogen-bond donors (Lipinski definition) is 2. The van der Waals surface area contributed by atoms with E-state index < -0.39 is 12.7 Å². The number of carbonyl (C=O) groups is 2. The number of anilines is 1. The maximum absolute atomic E-state index is 12.5. The van der Waals surface area contributed by atoms with Gasteiger partial charge in [-0.3, -0.25) is 9.59 Å². The van der Waals surface area contributed by atoms with Gasteiger partial charge in [-0.25, -0.2) is 0 Å². The molecule has 0 radical (unpaired) electrons. The van der Waals surface area contributed by atoms with Crippen LogP contribution in [0.3, 0.4) is 0 Å². The molecule has 0 bridgehead atoms. The van der Waals surface area contributed by atoms with Crippen molar-refractivity contribution >= 4 is 29.9 Å². The molecule has 1 heterocycles. The number of nitrogens with two attached hydrogens (primary N) is 1. The van der Waals surface area contributed by atoms with Crippen LogP contribution < -0.4 is 20.7 Å². The highest BCUT2D eigenvalue weighted by Crippen LogP contribution is 2.24. The molecule has 0 aliphatic carbocycles. The van der Waals surface area contributed by atoms with E-state index in [9.17, 15) is 18.4 Å². The van der Waals surface area contributed by atoms with Crippen LogP contribution in [0.2, 0.25) is 0 Å². The first kappa shape index (κ1) is 21.1. The van der Waals surface area contributed by atoms with Gasteiger partial charge < -0.3 is 20.7 Å². The second kappa shape index (κ2) is 9.53. The van der Waals surface area contributed by atoms with Gasteiger partial charge in [0.2, 0.25) is 11.8 Å². The molecule has 2 atom stereocenters. The van der Waals surface area contributed by atoms with E-state index in [1.807, 2.05) is 0 Å². The molecule has 1 aliphatic heterocycles. The lowest BCUT2D eigenvalue weighted by Gasteiger charge is -2.32. The Morgan fingerprint density at radius 1 is 1.40 bits per heavy atom. The Balaban J connectivity index is 0.00000312. The van der Waals surface area contributed by atoms with E-state index in [0.717, 1.165) is 6.42 Å². The Kier molecular flexibility index (Phi) is 8.05. The first-order valence-electron chi connectivity index (χ1n) is 7.78. The van der Waals surface area contributed by atoms with Crippen LogP contribution in [0, 0.1) is 0 Å². The maximum atomic E-state index is 12.5. The summed E-state index contributed by atoms with van der Waals surface area (Å²) in [5.74, 6) is -0.451. The largest absolute Gasteiger partial charge is 0.435 e. The maximum Gasteiger partial charge on any atom is 0.387 e. The number of carbonyl (C=O) groups excluding carboxylic acids is 2. The van der Waals surface area contributed by atoms with E-state index in [0.29, 0.717) is 18.7 Å². The average Bonchev–Trinajstić information content (AvgIpc) is 2.49. The number of hydrogen-bond acceptors (Lipinski definition) is 4. The molecule has 1 aliphatic rings. The van der Waals surface area contributed by atoms with Gasteiger partial charge in [-0.15, -0.1) is 12.4 Å². The topological polar surface area (TPSA) is 84.7 Å². The highest BCUT2D eigenvalue weighted by molar-refractivity contribution is 5.99. The minimum absolute atomic E-state index is 0. The second-order valence-electron chi connectivity index (χ2n) is 5.81. The molecule has 0 saturated carbocycles. The van der Waals surface area contributed by atoms with E-state index in [1.165, 1.54) is 17.0 Å². The van der Waals surface area contributed by atoms with Crippen molar-refractivity contribution in [1.29, 1.82) is 0 Å². The van der Waals surface area contributed by atoms with E-state index >= 15 is 0 Å². The molecule has 0 aromatic heterocycles. The molecule has 1 fully saturated rings. The number of benzene rings is 1. The van der Waals surface area contributed by atoms with Crippen LogP contribution in [0.4, 0.5) is 14.5 Å². The molecule has 140 valence electrons. The number of nitrogens with one attached hydrogen (secondary N) is 1. The highest BCUT2D eigenvalue weighted by Gasteiger charge is 2.30. The van der Waals surface area contributed by atoms with Crippen molar-refractivity contribution < 1.29 is 23.1 Å². The summed E-state index contributed by atoms with van der Waals surface area (Å²) in [5.41, 5.74) is 6.16. The average molecular weight is 378 g/mol. The predicted octanol–water partition coefficient (Wildman–Crippen LogP) is 2.06. The number of ether oxygens (including phenoxy) is 1. The third-order valence-corrected chi connectivity index (χ3v) is 3.65. The lowest BCUT2D eigenvalue weighted by atomic mass is 10.0. The summed E-state index contributed by atoms with van der Waals surface area (Å²) in [6, 6.07) is 4.98. The number of alkyl halides is 2. The summed E-state index contributed by atoms with van der Waals surface area (Å²) in [6.45, 7) is -0.664. The minimum Gasteiger partial charge on any atom is -0.435 e. The van der Waals surface area contributed by atoms with Crippen LogP contribution in [-0.2, 0) is 9.59 Å². The normalized spacial score (nSPS) is 18.5. The molecule has 2 unspecified atom stereocenters. The van der Waals surface area contributed by atoms with Crippen molar-refractivity contribution in [3.8, 4) is 5.75 Å². The number of nitrogens with zero attached hydrogens (tertiary/aromatic N) is 1. The third-order valence-electron chi connectivity index (χ3n) is 3.65. The lowest BCUT2D eigenvalue weighted by Crippen LogP contribution is -2.53. The van der Waals surface area contributed by atoms with E-state index in [2.05, 4.69) is 10.1 Å². The van der Waals surface area contributed by atoms with Crippen LogP contribution >= 0.6 is 12.4 Å². The summed E-state index contributed by atoms with van der Waals surface area (Å²) < 4.78 is 28.6. The van der Waals surface area contributed by atoms with Gasteiger partial charge in [0.25, 0.3) is 0 Å². The smallest absolute Gasteiger partial charge is 0.387 e. The number of amides is 2. The number of rotatable bonds is 6. The van der Waals surface area contributed by atoms with Crippen LogP contribution in [0.1, 0.15) is 26.2 Å². The number of halogens is 3. The standard InChI is InChI=1S/C16H21F2N3O3.ClH/c1-10(19)9-14(22)20-13-3-2-8-21(15(13)23)11-4-6-12(7-5-11)24-16(17)18;/h4-7,10,13,16H,2-3,8-9,19H2,1H3,(H,20,22);1H. The van der Waals surface area contributed by atoms with Crippen LogP contribution in [0.15, 0.2) is 24.3 Å². The van der Waals surface area contributed by atoms with E-state index in [1.54, 1.807) is 19.1 Å². The van der Waals surface area contributed by atoms with Gasteiger partial charge in [0.1, 0.15) is 11.8 Å². The fourth-order valence-electron chi connectivity index (χ4n) is 2.62. The van der Waals surface area contributed by atoms with Gasteiger partial charge in [-0.1, -0.05) is 0 Å². The molecule has 9 heteroatoms. The van der Waals surface area contributed by atoms with Gasteiger partial charge in [-0.2, -0.15) is 8.78 Å². The van der Waals surface area contributed by atoms with Crippen LogP contribution in [-0.4, -0.2) is 37.1 Å². The first-order chi connectivity index (χ1) is 11.4. The fourth-order valence-corrected chi connectivity index (χ4v) is 2.62. The zero-order valence-corrected chi connectivity index (χ0v) is 14.6. The SMILES string of the molecule is CC(N)CC(=O)NC1CCCN(c2ccc(OC(F)F)cc2)C1=O.Cl. The van der Waals surface area contributed by atoms with E-state index in [-0.39, 0.29) is 42.4 Å². The molecule has 1 aromatic rings. The van der Waals surface area contributed by atoms with Gasteiger partial charge in [0, 0.05) is 24.7 Å². The zero-order chi connectivity index (χ0) is 17.7. The summed E-state index contributed by atoms with van der Waals surface area (Å²) in [4.78, 5) is 25.9. The molecular weight excluding hydrogens is 356 g/mol. The zero-order valence-electron chi connectivity index (χ0n) is 13.8. The van der Waals surface area contributed by atoms with Crippen molar-refractivity contribution in [1.82, 2.24) is 5.32 Å². The monoisotopic (exact) mass is 377 g/mol. The Morgan fingerprint density at radius 2 is 2.04 bits per heavy atom. The Morgan fingerprint density at radius 3 is 2.60 bits per heavy atom. The summed E-state index contributed by atoms with van der Waals surface area (Å²) in [6.07, 6.45) is 1.44. The fraction of sp³-hybridized carbons (Fsp3) is 0.500. The molecule has 3 N–H and O–H groups in total. The van der Waals surface area contributed by atoms with Crippen molar-refractivity contribution in [3.63, 3.8) is 0 Å². The van der Waals surface area contributed by atoms with Crippen LogP contribution in [0.5, 0.6) is 5.75 Å². The third kappa shape index (κ3) is 6.13. The lowest BCUT2D eigenvalue weighted by molar-refractivity contribution is -0.128. The molecule has 25 heavy (non-hydrogen) atoms. The molecule has 2 amide bonds. The van der Waals surface area contributed by atoms with Crippen molar-refractivity contribution in [2.75, 3.05) is 11.4 Å². The molecular formula is C16H22ClF2N3O3. The molecule has 1 aromatic carbocycles. The minimum atomic E-state index is -2.89. The summed E-state index contributed by atoms with van der Waals surface area (Å²) in [5, 5.41) is 2.70. The van der Waals surface area contributed by atoms with Crippen molar-refractivity contribution in [2.24, 2.45) is 5.73 Å². The Hall–Kier alpha value is -1.93. The molecule has 1 saturated heterocycles. The van der Waals surface area contributed by atoms with Crippen LogP contribution in [0.25, 0.3) is 0 Å². The van der Waals surface area contributed by atoms with Gasteiger partial charge >= 0.3 is 6.61 Å². The summed E-state index contributed by atoms with van der Waals surface area (Å²) in [7, 11) is 0. The highest BCUT2D eigenvalue weighted by atomic mass is 35.5. The second-order valence-corrected chi connectivity index (χ2v) is 5.81. The van der Waals surface area contributed by atoms with Crippen molar-refractivity contribution in [2.45, 2.75) is 44.9 Å². The number of piperidine rings is 1. The van der Waals surface area contributed by atoms with Gasteiger partial charge in [-0.05, 0) is 44.0 Å². The van der Waals surface area contributed by atoms with Gasteiger partial charge in [0.15, 0.2) is 0 Å². The molecule has 6 nitrogen and oxygen atoms in total. The predicted molar refractivity (Wildman–Crippen MR) is 92.1 cm³/mol. The van der Waals surface area contributed by atoms with E-state index in [4.69, 9.17) is 5.73 Å². The summed E-state index contributed by atoms with van der Waals surface area (Å²) >= 11 is 0.